The average Bonchev–Trinajstić information content (AvgIpc) is 2.91. The van der Waals surface area contributed by atoms with Gasteiger partial charge in [-0.3, -0.25) is 14.4 Å². The molecule has 0 bridgehead atoms. The molecule has 1 aromatic rings. The van der Waals surface area contributed by atoms with Crippen LogP contribution in [0.1, 0.15) is 36.8 Å². The van der Waals surface area contributed by atoms with Gasteiger partial charge in [0.05, 0.1) is 0 Å². The van der Waals surface area contributed by atoms with Gasteiger partial charge in [-0.25, -0.2) is 0 Å². The summed E-state index contributed by atoms with van der Waals surface area (Å²) in [6.07, 6.45) is 1.72. The summed E-state index contributed by atoms with van der Waals surface area (Å²) in [6.45, 7) is 4.96. The van der Waals surface area contributed by atoms with Crippen LogP contribution in [-0.4, -0.2) is 36.0 Å². The Balaban J connectivity index is 1.87. The molecule has 0 unspecified atom stereocenters. The third kappa shape index (κ3) is 4.34. The summed E-state index contributed by atoms with van der Waals surface area (Å²) in [6, 6.07) is 5.86. The first-order valence-electron chi connectivity index (χ1n) is 8.28. The summed E-state index contributed by atoms with van der Waals surface area (Å²) in [4.78, 5) is 36.8. The Morgan fingerprint density at radius 1 is 1.25 bits per heavy atom. The van der Waals surface area contributed by atoms with Crippen LogP contribution >= 0.6 is 0 Å². The van der Waals surface area contributed by atoms with Gasteiger partial charge in [-0.15, -0.1) is 0 Å². The van der Waals surface area contributed by atoms with E-state index >= 15 is 0 Å². The molecule has 130 valence electrons. The van der Waals surface area contributed by atoms with E-state index in [1.54, 1.807) is 4.90 Å². The first kappa shape index (κ1) is 18.0. The van der Waals surface area contributed by atoms with Crippen LogP contribution in [0.15, 0.2) is 18.2 Å². The lowest BCUT2D eigenvalue weighted by atomic mass is 10.1. The van der Waals surface area contributed by atoms with Crippen molar-refractivity contribution >= 4 is 23.5 Å². The van der Waals surface area contributed by atoms with Gasteiger partial charge in [0.2, 0.25) is 11.8 Å². The fourth-order valence-electron chi connectivity index (χ4n) is 2.81. The number of carbonyl (C=O) groups is 3. The molecule has 1 aliphatic rings. The van der Waals surface area contributed by atoms with Crippen molar-refractivity contribution in [3.8, 4) is 0 Å². The molecule has 1 saturated heterocycles. The van der Waals surface area contributed by atoms with Crippen molar-refractivity contribution in [2.45, 2.75) is 39.5 Å². The van der Waals surface area contributed by atoms with Crippen molar-refractivity contribution in [2.24, 2.45) is 5.92 Å². The number of benzene rings is 1. The molecule has 1 aromatic carbocycles. The van der Waals surface area contributed by atoms with E-state index in [0.29, 0.717) is 32.4 Å². The number of carbonyl (C=O) groups excluding carboxylic acids is 2. The largest absolute Gasteiger partial charge is 0.481 e. The standard InChI is InChI=1S/C18H24N2O4/c1-12-6-7-14(11-13(12)2)20-10-8-15(18(20)24)17(23)19-9-4-3-5-16(21)22/h6-7,11,15H,3-5,8-10H2,1-2H3,(H,19,23)(H,21,22)/t15-/m1/s1. The summed E-state index contributed by atoms with van der Waals surface area (Å²) in [7, 11) is 0. The second-order valence-electron chi connectivity index (χ2n) is 6.24. The number of nitrogens with zero attached hydrogens (tertiary/aromatic N) is 1. The van der Waals surface area contributed by atoms with Crippen LogP contribution in [-0.2, 0) is 14.4 Å². The minimum atomic E-state index is -0.837. The first-order valence-corrected chi connectivity index (χ1v) is 8.28. The van der Waals surface area contributed by atoms with E-state index in [0.717, 1.165) is 11.3 Å². The molecule has 0 saturated carbocycles. The Hall–Kier alpha value is -2.37. The van der Waals surface area contributed by atoms with E-state index in [4.69, 9.17) is 5.11 Å². The zero-order chi connectivity index (χ0) is 17.7. The van der Waals surface area contributed by atoms with Gasteiger partial charge in [-0.1, -0.05) is 6.07 Å². The molecule has 6 heteroatoms. The zero-order valence-electron chi connectivity index (χ0n) is 14.2. The maximum atomic E-state index is 12.5. The zero-order valence-corrected chi connectivity index (χ0v) is 14.2. The first-order chi connectivity index (χ1) is 11.4. The number of aryl methyl sites for hydroxylation is 2. The highest BCUT2D eigenvalue weighted by atomic mass is 16.4. The van der Waals surface area contributed by atoms with Crippen molar-refractivity contribution in [3.63, 3.8) is 0 Å². The SMILES string of the molecule is Cc1ccc(N2CC[C@H](C(=O)NCCCCC(=O)O)C2=O)cc1C. The minimum absolute atomic E-state index is 0.0960. The van der Waals surface area contributed by atoms with Crippen LogP contribution in [0.5, 0.6) is 0 Å². The minimum Gasteiger partial charge on any atom is -0.481 e. The van der Waals surface area contributed by atoms with Gasteiger partial charge in [0.15, 0.2) is 0 Å². The normalized spacial score (nSPS) is 17.2. The molecule has 2 N–H and O–H groups in total. The average molecular weight is 332 g/mol. The lowest BCUT2D eigenvalue weighted by Crippen LogP contribution is -2.37. The molecule has 0 spiro atoms. The fraction of sp³-hybridized carbons (Fsp3) is 0.500. The highest BCUT2D eigenvalue weighted by Gasteiger charge is 2.37. The number of anilines is 1. The van der Waals surface area contributed by atoms with Crippen LogP contribution < -0.4 is 10.2 Å². The van der Waals surface area contributed by atoms with Gasteiger partial charge in [0.25, 0.3) is 0 Å². The number of amides is 2. The van der Waals surface area contributed by atoms with Crippen LogP contribution in [0.3, 0.4) is 0 Å². The molecule has 24 heavy (non-hydrogen) atoms. The molecular formula is C18H24N2O4. The van der Waals surface area contributed by atoms with Gasteiger partial charge in [-0.2, -0.15) is 0 Å². The quantitative estimate of drug-likeness (QED) is 0.591. The molecule has 0 aromatic heterocycles. The van der Waals surface area contributed by atoms with Crippen LogP contribution in [0.25, 0.3) is 0 Å². The number of aliphatic carboxylic acids is 1. The number of hydrogen-bond donors (Lipinski definition) is 2. The number of hydrogen-bond acceptors (Lipinski definition) is 3. The topological polar surface area (TPSA) is 86.7 Å². The molecule has 0 aliphatic carbocycles. The van der Waals surface area contributed by atoms with Crippen molar-refractivity contribution in [1.82, 2.24) is 5.32 Å². The predicted octanol–water partition coefficient (Wildman–Crippen LogP) is 2.03. The van der Waals surface area contributed by atoms with Crippen molar-refractivity contribution in [3.05, 3.63) is 29.3 Å². The molecule has 2 amide bonds. The predicted molar refractivity (Wildman–Crippen MR) is 90.9 cm³/mol. The third-order valence-electron chi connectivity index (χ3n) is 4.44. The number of nitrogens with one attached hydrogen (secondary N) is 1. The van der Waals surface area contributed by atoms with Crippen molar-refractivity contribution in [1.29, 1.82) is 0 Å². The lowest BCUT2D eigenvalue weighted by Gasteiger charge is -2.18. The molecule has 2 rings (SSSR count). The van der Waals surface area contributed by atoms with Crippen molar-refractivity contribution < 1.29 is 19.5 Å². The smallest absolute Gasteiger partial charge is 0.303 e. The lowest BCUT2D eigenvalue weighted by molar-refractivity contribution is -0.137. The second-order valence-corrected chi connectivity index (χ2v) is 6.24. The molecule has 1 heterocycles. The van der Waals surface area contributed by atoms with Gasteiger partial charge < -0.3 is 15.3 Å². The molecule has 1 fully saturated rings. The highest BCUT2D eigenvalue weighted by molar-refractivity contribution is 6.09. The van der Waals surface area contributed by atoms with Crippen LogP contribution in [0.4, 0.5) is 5.69 Å². The van der Waals surface area contributed by atoms with E-state index in [2.05, 4.69) is 5.32 Å². The molecule has 1 atom stereocenters. The van der Waals surface area contributed by atoms with E-state index in [9.17, 15) is 14.4 Å². The number of carboxylic acids is 1. The van der Waals surface area contributed by atoms with E-state index in [1.165, 1.54) is 5.56 Å². The number of unbranched alkanes of at least 4 members (excludes halogenated alkanes) is 1. The fourth-order valence-corrected chi connectivity index (χ4v) is 2.81. The molecule has 6 nitrogen and oxygen atoms in total. The summed E-state index contributed by atoms with van der Waals surface area (Å²) in [5.74, 6) is -1.91. The van der Waals surface area contributed by atoms with E-state index in [1.807, 2.05) is 32.0 Å². The Kier molecular flexibility index (Phi) is 5.95. The Labute approximate surface area is 141 Å². The van der Waals surface area contributed by atoms with Crippen molar-refractivity contribution in [2.75, 3.05) is 18.0 Å². The summed E-state index contributed by atoms with van der Waals surface area (Å²) < 4.78 is 0. The van der Waals surface area contributed by atoms with Gasteiger partial charge in [0, 0.05) is 25.2 Å². The summed E-state index contributed by atoms with van der Waals surface area (Å²) in [5, 5.41) is 11.3. The third-order valence-corrected chi connectivity index (χ3v) is 4.44. The summed E-state index contributed by atoms with van der Waals surface area (Å²) >= 11 is 0. The van der Waals surface area contributed by atoms with Gasteiger partial charge in [0.1, 0.15) is 5.92 Å². The molecule has 0 radical (unpaired) electrons. The Bertz CT molecular complexity index is 642. The van der Waals surface area contributed by atoms with E-state index in [-0.39, 0.29) is 18.2 Å². The monoisotopic (exact) mass is 332 g/mol. The number of carboxylic acid groups (broad SMARTS) is 1. The Morgan fingerprint density at radius 2 is 2.00 bits per heavy atom. The Morgan fingerprint density at radius 3 is 2.67 bits per heavy atom. The number of rotatable bonds is 7. The molecular weight excluding hydrogens is 308 g/mol. The van der Waals surface area contributed by atoms with E-state index < -0.39 is 11.9 Å². The maximum Gasteiger partial charge on any atom is 0.303 e. The summed E-state index contributed by atoms with van der Waals surface area (Å²) in [5.41, 5.74) is 3.12. The van der Waals surface area contributed by atoms with Gasteiger partial charge >= 0.3 is 5.97 Å². The maximum absolute atomic E-state index is 12.5. The second kappa shape index (κ2) is 7.95. The van der Waals surface area contributed by atoms with Gasteiger partial charge in [-0.05, 0) is 56.4 Å². The van der Waals surface area contributed by atoms with Crippen LogP contribution in [0, 0.1) is 19.8 Å². The highest BCUT2D eigenvalue weighted by Crippen LogP contribution is 2.27. The van der Waals surface area contributed by atoms with Crippen LogP contribution in [0.2, 0.25) is 0 Å². The molecule has 1 aliphatic heterocycles.